The molecule has 0 spiro atoms. The lowest BCUT2D eigenvalue weighted by atomic mass is 10.1. The van der Waals surface area contributed by atoms with Crippen molar-refractivity contribution in [2.24, 2.45) is 0 Å². The van der Waals surface area contributed by atoms with Gasteiger partial charge in [0.15, 0.2) is 5.69 Å². The highest BCUT2D eigenvalue weighted by atomic mass is 35.5. The van der Waals surface area contributed by atoms with Crippen LogP contribution in [-0.4, -0.2) is 28.3 Å². The number of benzene rings is 2. The first kappa shape index (κ1) is 19.4. The maximum absolute atomic E-state index is 12.4. The highest BCUT2D eigenvalue weighted by Crippen LogP contribution is 2.22. The van der Waals surface area contributed by atoms with Gasteiger partial charge in [-0.15, -0.1) is 0 Å². The maximum Gasteiger partial charge on any atom is 0.358 e. The molecule has 7 nitrogen and oxygen atoms in total. The summed E-state index contributed by atoms with van der Waals surface area (Å²) < 4.78 is 6.51. The fourth-order valence-corrected chi connectivity index (χ4v) is 2.77. The second-order valence-electron chi connectivity index (χ2n) is 6.04. The zero-order valence-corrected chi connectivity index (χ0v) is 16.2. The molecule has 28 heavy (non-hydrogen) atoms. The summed E-state index contributed by atoms with van der Waals surface area (Å²) in [7, 11) is 0. The minimum absolute atomic E-state index is 0.198. The Hall–Kier alpha value is -3.32. The summed E-state index contributed by atoms with van der Waals surface area (Å²) in [6.45, 7) is 3.80. The van der Waals surface area contributed by atoms with Crippen LogP contribution >= 0.6 is 11.6 Å². The van der Waals surface area contributed by atoms with Gasteiger partial charge in [0, 0.05) is 22.0 Å². The van der Waals surface area contributed by atoms with Gasteiger partial charge in [-0.3, -0.25) is 4.79 Å². The molecule has 8 heteroatoms. The van der Waals surface area contributed by atoms with Gasteiger partial charge >= 0.3 is 5.97 Å². The van der Waals surface area contributed by atoms with Crippen molar-refractivity contribution in [3.05, 3.63) is 70.5 Å². The van der Waals surface area contributed by atoms with Gasteiger partial charge in [0.1, 0.15) is 0 Å². The second-order valence-corrected chi connectivity index (χ2v) is 6.47. The van der Waals surface area contributed by atoms with Crippen LogP contribution in [0, 0.1) is 6.92 Å². The molecule has 0 bridgehead atoms. The van der Waals surface area contributed by atoms with E-state index in [-0.39, 0.29) is 18.2 Å². The number of hydrogen-bond acceptors (Lipinski definition) is 5. The minimum Gasteiger partial charge on any atom is -0.461 e. The van der Waals surface area contributed by atoms with Crippen LogP contribution in [0.15, 0.2) is 48.5 Å². The predicted molar refractivity (Wildman–Crippen MR) is 108 cm³/mol. The molecule has 0 aliphatic rings. The van der Waals surface area contributed by atoms with Gasteiger partial charge in [0.05, 0.1) is 18.0 Å². The van der Waals surface area contributed by atoms with E-state index in [2.05, 4.69) is 10.4 Å². The summed E-state index contributed by atoms with van der Waals surface area (Å²) in [6.07, 6.45) is 0. The highest BCUT2D eigenvalue weighted by Gasteiger charge is 2.16. The van der Waals surface area contributed by atoms with Crippen molar-refractivity contribution in [2.75, 3.05) is 17.7 Å². The van der Waals surface area contributed by atoms with Crippen LogP contribution in [0.25, 0.3) is 5.69 Å². The monoisotopic (exact) mass is 398 g/mol. The Balaban J connectivity index is 1.83. The third-order valence-corrected chi connectivity index (χ3v) is 4.24. The molecule has 0 unspecified atom stereocenters. The Morgan fingerprint density at radius 3 is 2.54 bits per heavy atom. The van der Waals surface area contributed by atoms with E-state index < -0.39 is 5.97 Å². The van der Waals surface area contributed by atoms with Gasteiger partial charge in [-0.05, 0) is 62.4 Å². The number of nitrogens with two attached hydrogens (primary N) is 1. The van der Waals surface area contributed by atoms with Crippen molar-refractivity contribution in [3.8, 4) is 5.69 Å². The molecule has 1 heterocycles. The SMILES string of the molecule is CCOC(=O)c1cc(C)n(-c2ccc(C(=O)Nc3ccc(Cl)cc3)cc2N)n1. The molecular weight excluding hydrogens is 380 g/mol. The molecule has 144 valence electrons. The number of nitrogens with zero attached hydrogens (tertiary/aromatic N) is 2. The van der Waals surface area contributed by atoms with Crippen LogP contribution < -0.4 is 11.1 Å². The molecule has 0 fully saturated rings. The number of aryl methyl sites for hydroxylation is 1. The summed E-state index contributed by atoms with van der Waals surface area (Å²) >= 11 is 5.85. The molecule has 3 rings (SSSR count). The molecule has 0 saturated carbocycles. The molecule has 3 aromatic rings. The molecule has 0 atom stereocenters. The Morgan fingerprint density at radius 1 is 1.18 bits per heavy atom. The Morgan fingerprint density at radius 2 is 1.89 bits per heavy atom. The molecular formula is C20H19ClN4O3. The molecule has 2 aromatic carbocycles. The fourth-order valence-electron chi connectivity index (χ4n) is 2.65. The van der Waals surface area contributed by atoms with Crippen LogP contribution in [0.4, 0.5) is 11.4 Å². The third-order valence-electron chi connectivity index (χ3n) is 3.99. The quantitative estimate of drug-likeness (QED) is 0.502. The van der Waals surface area contributed by atoms with Gasteiger partial charge < -0.3 is 15.8 Å². The lowest BCUT2D eigenvalue weighted by Crippen LogP contribution is -2.13. The number of rotatable bonds is 5. The zero-order valence-electron chi connectivity index (χ0n) is 15.4. The van der Waals surface area contributed by atoms with E-state index in [1.54, 1.807) is 67.1 Å². The lowest BCUT2D eigenvalue weighted by Gasteiger charge is -2.10. The van der Waals surface area contributed by atoms with Crippen LogP contribution in [0.1, 0.15) is 33.5 Å². The second kappa shape index (κ2) is 8.14. The number of aromatic nitrogens is 2. The topological polar surface area (TPSA) is 99.2 Å². The number of amides is 1. The average molecular weight is 399 g/mol. The van der Waals surface area contributed by atoms with Gasteiger partial charge in [0.2, 0.25) is 0 Å². The van der Waals surface area contributed by atoms with E-state index in [0.717, 1.165) is 0 Å². The van der Waals surface area contributed by atoms with Crippen molar-refractivity contribution >= 4 is 34.9 Å². The molecule has 0 radical (unpaired) electrons. The number of anilines is 2. The Kier molecular flexibility index (Phi) is 5.65. The van der Waals surface area contributed by atoms with Crippen molar-refractivity contribution in [1.82, 2.24) is 9.78 Å². The normalized spacial score (nSPS) is 10.5. The molecule has 1 aromatic heterocycles. The Labute approximate surface area is 167 Å². The number of carbonyl (C=O) groups is 2. The summed E-state index contributed by atoms with van der Waals surface area (Å²) in [5.74, 6) is -0.799. The number of hydrogen-bond donors (Lipinski definition) is 2. The van der Waals surface area contributed by atoms with Crippen molar-refractivity contribution in [2.45, 2.75) is 13.8 Å². The van der Waals surface area contributed by atoms with E-state index in [9.17, 15) is 9.59 Å². The lowest BCUT2D eigenvalue weighted by molar-refractivity contribution is 0.0519. The number of ether oxygens (including phenoxy) is 1. The van der Waals surface area contributed by atoms with Gasteiger partial charge in [-0.25, -0.2) is 9.48 Å². The molecule has 3 N–H and O–H groups in total. The average Bonchev–Trinajstić information content (AvgIpc) is 3.05. The number of carbonyl (C=O) groups excluding carboxylic acids is 2. The van der Waals surface area contributed by atoms with Crippen molar-refractivity contribution < 1.29 is 14.3 Å². The third kappa shape index (κ3) is 4.15. The van der Waals surface area contributed by atoms with Crippen LogP contribution in [0.5, 0.6) is 0 Å². The number of nitrogen functional groups attached to an aromatic ring is 1. The largest absolute Gasteiger partial charge is 0.461 e. The summed E-state index contributed by atoms with van der Waals surface area (Å²) in [4.78, 5) is 24.3. The van der Waals surface area contributed by atoms with E-state index in [4.69, 9.17) is 22.1 Å². The first-order valence-corrected chi connectivity index (χ1v) is 8.97. The van der Waals surface area contributed by atoms with E-state index in [1.807, 2.05) is 0 Å². The molecule has 0 aliphatic carbocycles. The van der Waals surface area contributed by atoms with Gasteiger partial charge in [0.25, 0.3) is 5.91 Å². The highest BCUT2D eigenvalue weighted by molar-refractivity contribution is 6.30. The first-order valence-electron chi connectivity index (χ1n) is 8.59. The standard InChI is InChI=1S/C20H19ClN4O3/c1-3-28-20(27)17-10-12(2)25(24-17)18-9-4-13(11-16(18)22)19(26)23-15-7-5-14(21)6-8-15/h4-11H,3,22H2,1-2H3,(H,23,26). The number of halogens is 1. The molecule has 1 amide bonds. The smallest absolute Gasteiger partial charge is 0.358 e. The van der Waals surface area contributed by atoms with Crippen LogP contribution in [-0.2, 0) is 4.74 Å². The van der Waals surface area contributed by atoms with Crippen LogP contribution in [0.2, 0.25) is 5.02 Å². The summed E-state index contributed by atoms with van der Waals surface area (Å²) in [6, 6.07) is 13.3. The van der Waals surface area contributed by atoms with Crippen molar-refractivity contribution in [3.63, 3.8) is 0 Å². The molecule has 0 saturated heterocycles. The minimum atomic E-state index is -0.498. The summed E-state index contributed by atoms with van der Waals surface area (Å²) in [5, 5.41) is 7.63. The predicted octanol–water partition coefficient (Wildman–Crippen LogP) is 3.85. The molecule has 0 aliphatic heterocycles. The van der Waals surface area contributed by atoms with Crippen LogP contribution in [0.3, 0.4) is 0 Å². The summed E-state index contributed by atoms with van der Waals surface area (Å²) in [5.41, 5.74) is 8.99. The first-order chi connectivity index (χ1) is 13.4. The Bertz CT molecular complexity index is 1030. The maximum atomic E-state index is 12.4. The number of nitrogens with one attached hydrogen (secondary N) is 1. The van der Waals surface area contributed by atoms with E-state index in [0.29, 0.717) is 33.3 Å². The van der Waals surface area contributed by atoms with Gasteiger partial charge in [-0.1, -0.05) is 11.6 Å². The van der Waals surface area contributed by atoms with Crippen molar-refractivity contribution in [1.29, 1.82) is 0 Å². The number of esters is 1. The zero-order chi connectivity index (χ0) is 20.3. The fraction of sp³-hybridized carbons (Fsp3) is 0.150. The van der Waals surface area contributed by atoms with E-state index >= 15 is 0 Å². The van der Waals surface area contributed by atoms with Gasteiger partial charge in [-0.2, -0.15) is 5.10 Å². The van der Waals surface area contributed by atoms with E-state index in [1.165, 1.54) is 0 Å².